The van der Waals surface area contributed by atoms with Gasteiger partial charge in [0.25, 0.3) is 0 Å². The number of nitriles is 1. The van der Waals surface area contributed by atoms with E-state index in [0.29, 0.717) is 35.4 Å². The summed E-state index contributed by atoms with van der Waals surface area (Å²) in [5.74, 6) is 0. The van der Waals surface area contributed by atoms with Crippen LogP contribution in [0.1, 0.15) is 5.56 Å². The molecular formula is C22H29N5O2S2Si. The Morgan fingerprint density at radius 3 is 2.69 bits per heavy atom. The van der Waals surface area contributed by atoms with Gasteiger partial charge in [-0.2, -0.15) is 9.62 Å². The third kappa shape index (κ3) is 5.98. The molecule has 0 saturated heterocycles. The van der Waals surface area contributed by atoms with E-state index in [4.69, 9.17) is 4.74 Å². The van der Waals surface area contributed by atoms with Gasteiger partial charge in [-0.3, -0.25) is 0 Å². The molecular weight excluding hydrogens is 458 g/mol. The highest BCUT2D eigenvalue weighted by molar-refractivity contribution is 7.98. The van der Waals surface area contributed by atoms with Crippen LogP contribution in [-0.4, -0.2) is 52.2 Å². The lowest BCUT2D eigenvalue weighted by molar-refractivity contribution is 0.0903. The second-order valence-electron chi connectivity index (χ2n) is 9.04. The highest BCUT2D eigenvalue weighted by Crippen LogP contribution is 2.37. The Balaban J connectivity index is 2.18. The number of fused-ring (bicyclic) bond motifs is 1. The Kier molecular flexibility index (Phi) is 7.45. The molecule has 0 aliphatic carbocycles. The average Bonchev–Trinajstić information content (AvgIpc) is 3.08. The van der Waals surface area contributed by atoms with Crippen molar-refractivity contribution in [3.05, 3.63) is 36.2 Å². The number of ether oxygens (including phenoxy) is 1. The van der Waals surface area contributed by atoms with Gasteiger partial charge in [-0.1, -0.05) is 43.5 Å². The van der Waals surface area contributed by atoms with E-state index in [2.05, 4.69) is 40.0 Å². The summed E-state index contributed by atoms with van der Waals surface area (Å²) < 4.78 is 25.0. The molecule has 170 valence electrons. The predicted molar refractivity (Wildman–Crippen MR) is 136 cm³/mol. The smallest absolute Gasteiger partial charge is 0.187 e. The highest BCUT2D eigenvalue weighted by atomic mass is 32.2. The first kappa shape index (κ1) is 24.4. The van der Waals surface area contributed by atoms with Crippen molar-refractivity contribution < 1.29 is 8.95 Å². The molecule has 7 nitrogen and oxygen atoms in total. The largest absolute Gasteiger partial charge is 0.361 e. The fourth-order valence-corrected chi connectivity index (χ4v) is 4.95. The van der Waals surface area contributed by atoms with E-state index in [0.717, 1.165) is 22.5 Å². The fourth-order valence-electron chi connectivity index (χ4n) is 3.23. The van der Waals surface area contributed by atoms with Gasteiger partial charge in [0.2, 0.25) is 0 Å². The topological polar surface area (TPSA) is 93.2 Å². The molecule has 0 aliphatic rings. The Labute approximate surface area is 195 Å². The predicted octanol–water partition coefficient (Wildman–Crippen LogP) is 5.36. The molecule has 0 radical (unpaired) electrons. The maximum absolute atomic E-state index is 12.5. The van der Waals surface area contributed by atoms with Crippen molar-refractivity contribution in [2.24, 2.45) is 4.36 Å². The van der Waals surface area contributed by atoms with E-state index in [1.54, 1.807) is 18.7 Å². The molecule has 2 aromatic heterocycles. The second kappa shape index (κ2) is 9.75. The minimum absolute atomic E-state index is 0.338. The number of hydrogen-bond donors (Lipinski definition) is 0. The Hall–Kier alpha value is -2.19. The van der Waals surface area contributed by atoms with Crippen molar-refractivity contribution >= 4 is 46.2 Å². The van der Waals surface area contributed by atoms with Gasteiger partial charge in [-0.15, -0.1) is 0 Å². The SMILES string of the molecule is CSc1ncc(C#N)c(-c2cn(COCC[Si](C)(C)C)c3c(N=S(C)(C)=O)cccc23)n1. The van der Waals surface area contributed by atoms with Crippen molar-refractivity contribution in [2.75, 3.05) is 25.4 Å². The van der Waals surface area contributed by atoms with Crippen LogP contribution in [0.3, 0.4) is 0 Å². The first-order valence-electron chi connectivity index (χ1n) is 10.2. The minimum atomic E-state index is -2.36. The lowest BCUT2D eigenvalue weighted by atomic mass is 10.1. The van der Waals surface area contributed by atoms with Crippen molar-refractivity contribution in [1.29, 1.82) is 5.26 Å². The molecule has 0 unspecified atom stereocenters. The van der Waals surface area contributed by atoms with E-state index in [1.807, 2.05) is 35.2 Å². The summed E-state index contributed by atoms with van der Waals surface area (Å²) in [5, 5.41) is 11.1. The summed E-state index contributed by atoms with van der Waals surface area (Å²) in [4.78, 5) is 8.86. The molecule has 0 fully saturated rings. The molecule has 2 heterocycles. The number of thioether (sulfide) groups is 1. The quantitative estimate of drug-likeness (QED) is 0.184. The van der Waals surface area contributed by atoms with E-state index >= 15 is 0 Å². The number of aromatic nitrogens is 3. The molecule has 0 saturated carbocycles. The fraction of sp³-hybridized carbons (Fsp3) is 0.409. The molecule has 0 N–H and O–H groups in total. The summed E-state index contributed by atoms with van der Waals surface area (Å²) in [6, 6.07) is 8.98. The zero-order valence-corrected chi connectivity index (χ0v) is 22.0. The number of para-hydroxylation sites is 1. The van der Waals surface area contributed by atoms with Gasteiger partial charge in [-0.25, -0.2) is 14.2 Å². The van der Waals surface area contributed by atoms with Crippen LogP contribution < -0.4 is 0 Å². The molecule has 0 atom stereocenters. The maximum Gasteiger partial charge on any atom is 0.187 e. The van der Waals surface area contributed by atoms with Gasteiger partial charge in [0.15, 0.2) is 5.16 Å². The van der Waals surface area contributed by atoms with Crippen LogP contribution in [0.15, 0.2) is 40.1 Å². The minimum Gasteiger partial charge on any atom is -0.361 e. The molecule has 10 heteroatoms. The van der Waals surface area contributed by atoms with Gasteiger partial charge < -0.3 is 9.30 Å². The van der Waals surface area contributed by atoms with Crippen molar-refractivity contribution in [1.82, 2.24) is 14.5 Å². The molecule has 0 bridgehead atoms. The third-order valence-electron chi connectivity index (χ3n) is 4.75. The molecule has 0 spiro atoms. The van der Waals surface area contributed by atoms with Crippen LogP contribution in [0.2, 0.25) is 25.7 Å². The zero-order valence-electron chi connectivity index (χ0n) is 19.4. The third-order valence-corrected chi connectivity index (χ3v) is 7.65. The zero-order chi connectivity index (χ0) is 23.5. The number of nitrogens with zero attached hydrogens (tertiary/aromatic N) is 5. The van der Waals surface area contributed by atoms with Gasteiger partial charge in [0.05, 0.1) is 22.5 Å². The summed E-state index contributed by atoms with van der Waals surface area (Å²) in [7, 11) is -3.57. The Morgan fingerprint density at radius 1 is 1.31 bits per heavy atom. The van der Waals surface area contributed by atoms with Crippen LogP contribution in [0.4, 0.5) is 5.69 Å². The average molecular weight is 488 g/mol. The van der Waals surface area contributed by atoms with Crippen LogP contribution >= 0.6 is 11.8 Å². The first-order chi connectivity index (χ1) is 15.0. The molecule has 32 heavy (non-hydrogen) atoms. The molecule has 1 aromatic carbocycles. The lowest BCUT2D eigenvalue weighted by Crippen LogP contribution is -2.21. The van der Waals surface area contributed by atoms with Crippen LogP contribution in [0, 0.1) is 11.3 Å². The number of benzene rings is 1. The molecule has 3 rings (SSSR count). The van der Waals surface area contributed by atoms with Crippen LogP contribution in [0.25, 0.3) is 22.2 Å². The van der Waals surface area contributed by atoms with Crippen LogP contribution in [0.5, 0.6) is 0 Å². The van der Waals surface area contributed by atoms with Gasteiger partial charge in [-0.05, 0) is 18.4 Å². The van der Waals surface area contributed by atoms with Crippen molar-refractivity contribution in [3.8, 4) is 17.3 Å². The van der Waals surface area contributed by atoms with E-state index in [1.165, 1.54) is 11.8 Å². The molecule has 0 aliphatic heterocycles. The van der Waals surface area contributed by atoms with Gasteiger partial charge in [0, 0.05) is 60.3 Å². The second-order valence-corrected chi connectivity index (χ2v) is 18.0. The molecule has 0 amide bonds. The summed E-state index contributed by atoms with van der Waals surface area (Å²) in [6.45, 7) is 7.97. The summed E-state index contributed by atoms with van der Waals surface area (Å²) in [6.07, 6.45) is 8.64. The van der Waals surface area contributed by atoms with Gasteiger partial charge >= 0.3 is 0 Å². The number of rotatable bonds is 8. The van der Waals surface area contributed by atoms with E-state index in [-0.39, 0.29) is 0 Å². The van der Waals surface area contributed by atoms with Crippen molar-refractivity contribution in [3.63, 3.8) is 0 Å². The highest BCUT2D eigenvalue weighted by Gasteiger charge is 2.19. The van der Waals surface area contributed by atoms with E-state index in [9.17, 15) is 9.47 Å². The summed E-state index contributed by atoms with van der Waals surface area (Å²) >= 11 is 1.42. The standard InChI is InChI=1S/C22H29N5O2S2Si/c1-30-22-24-13-16(12-23)20(25-22)18-14-27(15-29-10-11-32(4,5)6)21-17(18)8-7-9-19(21)26-31(2,3)28/h7-9,13-14H,10-11,15H2,1-6H3. The normalized spacial score (nSPS) is 12.2. The van der Waals surface area contributed by atoms with Gasteiger partial charge in [0.1, 0.15) is 12.8 Å². The van der Waals surface area contributed by atoms with Crippen LogP contribution in [-0.2, 0) is 21.2 Å². The lowest BCUT2D eigenvalue weighted by Gasteiger charge is -2.16. The maximum atomic E-state index is 12.5. The Bertz CT molecular complexity index is 1290. The Morgan fingerprint density at radius 2 is 2.06 bits per heavy atom. The summed E-state index contributed by atoms with van der Waals surface area (Å²) in [5.41, 5.74) is 3.23. The van der Waals surface area contributed by atoms with Crippen molar-refractivity contribution in [2.45, 2.75) is 37.6 Å². The first-order valence-corrected chi connectivity index (χ1v) is 17.5. The van der Waals surface area contributed by atoms with E-state index < -0.39 is 17.8 Å². The number of hydrogen-bond acceptors (Lipinski definition) is 7. The monoisotopic (exact) mass is 487 g/mol. The molecule has 3 aromatic rings.